The smallest absolute Gasteiger partial charge is 0.348 e. The van der Waals surface area contributed by atoms with E-state index in [1.807, 2.05) is 44.2 Å². The second kappa shape index (κ2) is 6.35. The van der Waals surface area contributed by atoms with Gasteiger partial charge < -0.3 is 9.47 Å². The lowest BCUT2D eigenvalue weighted by atomic mass is 9.75. The van der Waals surface area contributed by atoms with Crippen molar-refractivity contribution >= 4 is 5.97 Å². The molecule has 0 amide bonds. The number of carbonyl (C=O) groups excluding carboxylic acids is 1. The molecule has 102 valence electrons. The molecular formula is C15H19NO3. The number of carbonyl (C=O) groups is 1. The van der Waals surface area contributed by atoms with Gasteiger partial charge in [-0.05, 0) is 12.0 Å². The van der Waals surface area contributed by atoms with Gasteiger partial charge in [-0.2, -0.15) is 5.26 Å². The minimum absolute atomic E-state index is 0.00507. The Labute approximate surface area is 114 Å². The summed E-state index contributed by atoms with van der Waals surface area (Å²) in [7, 11) is 2.89. The molecule has 1 rings (SSSR count). The van der Waals surface area contributed by atoms with Gasteiger partial charge in [0.05, 0.1) is 12.7 Å². The molecule has 0 saturated heterocycles. The molecule has 0 heterocycles. The molecule has 4 heteroatoms. The van der Waals surface area contributed by atoms with Crippen molar-refractivity contribution in [1.82, 2.24) is 0 Å². The van der Waals surface area contributed by atoms with Gasteiger partial charge in [0.15, 0.2) is 0 Å². The van der Waals surface area contributed by atoms with Crippen LogP contribution in [0.4, 0.5) is 0 Å². The summed E-state index contributed by atoms with van der Waals surface area (Å²) in [5.41, 5.74) is -0.556. The maximum absolute atomic E-state index is 11.5. The fraction of sp³-hybridized carbons (Fsp3) is 0.467. The summed E-state index contributed by atoms with van der Waals surface area (Å²) >= 11 is 0. The van der Waals surface area contributed by atoms with E-state index in [1.54, 1.807) is 13.2 Å². The molecule has 0 N–H and O–H groups in total. The zero-order chi connectivity index (χ0) is 14.5. The molecule has 0 aromatic rings. The summed E-state index contributed by atoms with van der Waals surface area (Å²) in [6.07, 6.45) is 9.29. The monoisotopic (exact) mass is 261 g/mol. The molecule has 0 aromatic heterocycles. The Hall–Kier alpha value is -1.86. The van der Waals surface area contributed by atoms with Crippen LogP contribution in [-0.4, -0.2) is 25.8 Å². The number of nitriles is 1. The van der Waals surface area contributed by atoms with Gasteiger partial charge in [-0.25, -0.2) is 4.79 Å². The van der Waals surface area contributed by atoms with E-state index in [4.69, 9.17) is 10.00 Å². The lowest BCUT2D eigenvalue weighted by Crippen LogP contribution is -2.42. The van der Waals surface area contributed by atoms with E-state index in [1.165, 1.54) is 7.11 Å². The highest BCUT2D eigenvalue weighted by Gasteiger charge is 2.39. The quantitative estimate of drug-likeness (QED) is 0.443. The number of nitrogens with zero attached hydrogens (tertiary/aromatic N) is 1. The number of ether oxygens (including phenoxy) is 2. The van der Waals surface area contributed by atoms with Crippen molar-refractivity contribution in [2.24, 2.45) is 11.8 Å². The van der Waals surface area contributed by atoms with Gasteiger partial charge in [0.25, 0.3) is 0 Å². The molecule has 1 aliphatic carbocycles. The highest BCUT2D eigenvalue weighted by molar-refractivity contribution is 5.92. The predicted octanol–water partition coefficient (Wildman–Crippen LogP) is 2.39. The van der Waals surface area contributed by atoms with Crippen molar-refractivity contribution in [3.05, 3.63) is 36.0 Å². The van der Waals surface area contributed by atoms with Gasteiger partial charge in [0, 0.05) is 13.0 Å². The Morgan fingerprint density at radius 2 is 2.11 bits per heavy atom. The van der Waals surface area contributed by atoms with E-state index in [-0.39, 0.29) is 17.4 Å². The van der Waals surface area contributed by atoms with E-state index < -0.39 is 11.6 Å². The fourth-order valence-corrected chi connectivity index (χ4v) is 2.29. The van der Waals surface area contributed by atoms with Gasteiger partial charge >= 0.3 is 5.97 Å². The summed E-state index contributed by atoms with van der Waals surface area (Å²) in [6, 6.07) is 1.87. The number of hydrogen-bond donors (Lipinski definition) is 0. The van der Waals surface area contributed by atoms with Crippen molar-refractivity contribution in [2.45, 2.75) is 19.4 Å². The zero-order valence-corrected chi connectivity index (χ0v) is 11.7. The number of esters is 1. The largest absolute Gasteiger partial charge is 0.465 e. The standard InChI is InChI=1S/C15H19NO3/c1-11(2)15(19-4)8-6-5-7-13(15)9-12(10-16)14(17)18-3/h5-9,11,13H,1-4H3. The second-order valence-corrected chi connectivity index (χ2v) is 4.67. The van der Waals surface area contributed by atoms with Gasteiger partial charge in [0.2, 0.25) is 0 Å². The topological polar surface area (TPSA) is 59.3 Å². The minimum atomic E-state index is -0.626. The van der Waals surface area contributed by atoms with Crippen LogP contribution in [-0.2, 0) is 14.3 Å². The van der Waals surface area contributed by atoms with Crippen LogP contribution in [0.3, 0.4) is 0 Å². The van der Waals surface area contributed by atoms with E-state index >= 15 is 0 Å². The summed E-state index contributed by atoms with van der Waals surface area (Å²) in [5.74, 6) is -0.618. The molecule has 19 heavy (non-hydrogen) atoms. The van der Waals surface area contributed by atoms with Gasteiger partial charge in [-0.15, -0.1) is 0 Å². The first kappa shape index (κ1) is 15.2. The second-order valence-electron chi connectivity index (χ2n) is 4.67. The summed E-state index contributed by atoms with van der Waals surface area (Å²) in [6.45, 7) is 4.08. The Bertz CT molecular complexity index is 468. The SMILES string of the molecule is COC(=O)C(C#N)=CC1C=CC=CC1(OC)C(C)C. The molecule has 2 unspecified atom stereocenters. The predicted molar refractivity (Wildman–Crippen MR) is 72.1 cm³/mol. The minimum Gasteiger partial charge on any atom is -0.465 e. The number of allylic oxidation sites excluding steroid dienone is 2. The lowest BCUT2D eigenvalue weighted by molar-refractivity contribution is -0.135. The molecule has 0 bridgehead atoms. The van der Waals surface area contributed by atoms with Crippen LogP contribution in [0.1, 0.15) is 13.8 Å². The molecule has 4 nitrogen and oxygen atoms in total. The molecule has 2 atom stereocenters. The third kappa shape index (κ3) is 2.94. The fourth-order valence-electron chi connectivity index (χ4n) is 2.29. The Morgan fingerprint density at radius 3 is 2.58 bits per heavy atom. The number of hydrogen-bond acceptors (Lipinski definition) is 4. The molecule has 0 fully saturated rings. The van der Waals surface area contributed by atoms with Crippen molar-refractivity contribution in [3.63, 3.8) is 0 Å². The average molecular weight is 261 g/mol. The molecule has 0 aliphatic heterocycles. The number of methoxy groups -OCH3 is 2. The molecular weight excluding hydrogens is 242 g/mol. The normalized spacial score (nSPS) is 26.3. The third-order valence-electron chi connectivity index (χ3n) is 3.44. The van der Waals surface area contributed by atoms with Crippen LogP contribution in [0.5, 0.6) is 0 Å². The first-order valence-electron chi connectivity index (χ1n) is 6.13. The molecule has 0 spiro atoms. The van der Waals surface area contributed by atoms with Crippen LogP contribution in [0.15, 0.2) is 36.0 Å². The third-order valence-corrected chi connectivity index (χ3v) is 3.44. The first-order valence-corrected chi connectivity index (χ1v) is 6.13. The lowest BCUT2D eigenvalue weighted by Gasteiger charge is -2.39. The van der Waals surface area contributed by atoms with E-state index in [2.05, 4.69) is 4.74 Å². The van der Waals surface area contributed by atoms with E-state index in [0.717, 1.165) is 0 Å². The van der Waals surface area contributed by atoms with Gasteiger partial charge in [0.1, 0.15) is 11.6 Å². The molecule has 0 radical (unpaired) electrons. The molecule has 1 aliphatic rings. The summed E-state index contributed by atoms with van der Waals surface area (Å²) in [5, 5.41) is 9.04. The first-order chi connectivity index (χ1) is 9.01. The Balaban J connectivity index is 3.20. The van der Waals surface area contributed by atoms with Crippen LogP contribution >= 0.6 is 0 Å². The highest BCUT2D eigenvalue weighted by atomic mass is 16.5. The summed E-state index contributed by atoms with van der Waals surface area (Å²) in [4.78, 5) is 11.5. The molecule has 0 aromatic carbocycles. The zero-order valence-electron chi connectivity index (χ0n) is 11.7. The van der Waals surface area contributed by atoms with Gasteiger partial charge in [-0.3, -0.25) is 0 Å². The van der Waals surface area contributed by atoms with Crippen molar-refractivity contribution in [2.75, 3.05) is 14.2 Å². The molecule has 0 saturated carbocycles. The van der Waals surface area contributed by atoms with E-state index in [9.17, 15) is 4.79 Å². The van der Waals surface area contributed by atoms with Crippen LogP contribution in [0, 0.1) is 23.2 Å². The van der Waals surface area contributed by atoms with Crippen molar-refractivity contribution in [3.8, 4) is 6.07 Å². The van der Waals surface area contributed by atoms with Crippen LogP contribution in [0.2, 0.25) is 0 Å². The maximum atomic E-state index is 11.5. The Morgan fingerprint density at radius 1 is 1.42 bits per heavy atom. The van der Waals surface area contributed by atoms with Crippen molar-refractivity contribution < 1.29 is 14.3 Å². The number of rotatable bonds is 4. The van der Waals surface area contributed by atoms with Gasteiger partial charge in [-0.1, -0.05) is 38.2 Å². The maximum Gasteiger partial charge on any atom is 0.348 e. The summed E-state index contributed by atoms with van der Waals surface area (Å²) < 4.78 is 10.3. The average Bonchev–Trinajstić information content (AvgIpc) is 2.43. The van der Waals surface area contributed by atoms with Crippen LogP contribution in [0.25, 0.3) is 0 Å². The van der Waals surface area contributed by atoms with Crippen LogP contribution < -0.4 is 0 Å². The highest BCUT2D eigenvalue weighted by Crippen LogP contribution is 2.36. The van der Waals surface area contributed by atoms with E-state index in [0.29, 0.717) is 0 Å². The Kier molecular flexibility index (Phi) is 5.08. The van der Waals surface area contributed by atoms with Crippen molar-refractivity contribution in [1.29, 1.82) is 5.26 Å².